The first kappa shape index (κ1) is 14.6. The number of imide groups is 1. The molecule has 1 aromatic rings. The number of hydrogen-bond acceptors (Lipinski definition) is 3. The number of benzene rings is 1. The summed E-state index contributed by atoms with van der Waals surface area (Å²) in [4.78, 5) is 37.6. The third-order valence-electron chi connectivity index (χ3n) is 4.38. The first-order valence-electron chi connectivity index (χ1n) is 7.68. The van der Waals surface area contributed by atoms with E-state index in [1.807, 2.05) is 6.92 Å². The monoisotopic (exact) mass is 299 g/mol. The zero-order chi connectivity index (χ0) is 15.7. The Morgan fingerprint density at radius 1 is 1.14 bits per heavy atom. The van der Waals surface area contributed by atoms with Gasteiger partial charge in [0.15, 0.2) is 6.54 Å². The summed E-state index contributed by atoms with van der Waals surface area (Å²) >= 11 is 0. The molecule has 0 N–H and O–H groups in total. The van der Waals surface area contributed by atoms with Gasteiger partial charge in [-0.05, 0) is 37.5 Å². The van der Waals surface area contributed by atoms with Crippen molar-refractivity contribution in [3.8, 4) is 0 Å². The lowest BCUT2D eigenvalue weighted by Gasteiger charge is -2.14. The lowest BCUT2D eigenvalue weighted by Crippen LogP contribution is -2.31. The zero-order valence-corrected chi connectivity index (χ0v) is 12.7. The smallest absolute Gasteiger partial charge is 0.261 e. The largest absolute Gasteiger partial charge is 0.274 e. The Bertz CT molecular complexity index is 656. The maximum absolute atomic E-state index is 12.2. The highest BCUT2D eigenvalue weighted by Crippen LogP contribution is 2.25. The Balaban J connectivity index is 1.65. The van der Waals surface area contributed by atoms with Gasteiger partial charge in [0.2, 0.25) is 5.70 Å². The van der Waals surface area contributed by atoms with E-state index in [0.29, 0.717) is 37.1 Å². The fraction of sp³-hybridized carbons (Fsp3) is 0.412. The highest BCUT2D eigenvalue weighted by Gasteiger charge is 2.35. The van der Waals surface area contributed by atoms with Crippen LogP contribution in [0.25, 0.3) is 0 Å². The Labute approximate surface area is 129 Å². The number of rotatable bonds is 4. The number of amides is 2. The summed E-state index contributed by atoms with van der Waals surface area (Å²) in [6.45, 7) is 2.89. The molecule has 0 aliphatic carbocycles. The number of carbonyl (C=O) groups is 2. The fourth-order valence-corrected chi connectivity index (χ4v) is 3.16. The summed E-state index contributed by atoms with van der Waals surface area (Å²) in [6, 6.07) is 6.89. The van der Waals surface area contributed by atoms with E-state index in [0.717, 1.165) is 28.9 Å². The molecule has 2 heterocycles. The van der Waals surface area contributed by atoms with Gasteiger partial charge >= 0.3 is 0 Å². The molecule has 22 heavy (non-hydrogen) atoms. The van der Waals surface area contributed by atoms with Gasteiger partial charge < -0.3 is 0 Å². The van der Waals surface area contributed by atoms with Gasteiger partial charge in [-0.15, -0.1) is 0 Å². The van der Waals surface area contributed by atoms with Crippen LogP contribution in [0.4, 0.5) is 0 Å². The van der Waals surface area contributed by atoms with Gasteiger partial charge in [0.1, 0.15) is 0 Å². The van der Waals surface area contributed by atoms with Crippen molar-refractivity contribution in [2.75, 3.05) is 13.1 Å². The van der Waals surface area contributed by atoms with Crippen LogP contribution in [0.2, 0.25) is 0 Å². The van der Waals surface area contributed by atoms with Gasteiger partial charge in [0.25, 0.3) is 11.8 Å². The molecule has 0 saturated carbocycles. The van der Waals surface area contributed by atoms with Gasteiger partial charge in [-0.25, -0.2) is 0 Å². The van der Waals surface area contributed by atoms with E-state index in [-0.39, 0.29) is 11.8 Å². The molecule has 0 spiro atoms. The number of nitroso groups, excluding NO2 is 1. The van der Waals surface area contributed by atoms with E-state index in [4.69, 9.17) is 0 Å². The molecule has 0 bridgehead atoms. The molecule has 0 radical (unpaired) electrons. The zero-order valence-electron chi connectivity index (χ0n) is 12.7. The van der Waals surface area contributed by atoms with Crippen LogP contribution in [-0.4, -0.2) is 34.6 Å². The van der Waals surface area contributed by atoms with E-state index in [1.54, 1.807) is 24.3 Å². The Morgan fingerprint density at radius 2 is 1.77 bits per heavy atom. The minimum atomic E-state index is -0.228. The molecule has 3 rings (SSSR count). The highest BCUT2D eigenvalue weighted by molar-refractivity contribution is 6.21. The molecule has 5 nitrogen and oxygen atoms in total. The summed E-state index contributed by atoms with van der Waals surface area (Å²) in [5.74, 6) is -0.456. The Morgan fingerprint density at radius 3 is 2.36 bits per heavy atom. The summed E-state index contributed by atoms with van der Waals surface area (Å²) in [5.41, 5.74) is 2.91. The second-order valence-electron chi connectivity index (χ2n) is 5.84. The van der Waals surface area contributed by atoms with Crippen LogP contribution >= 0.6 is 0 Å². The van der Waals surface area contributed by atoms with Crippen LogP contribution in [0.5, 0.6) is 0 Å². The van der Waals surface area contributed by atoms with Crippen molar-refractivity contribution in [1.29, 1.82) is 0 Å². The highest BCUT2D eigenvalue weighted by atomic mass is 16.3. The minimum absolute atomic E-state index is 0.228. The van der Waals surface area contributed by atoms with Crippen LogP contribution < -0.4 is 0 Å². The van der Waals surface area contributed by atoms with Crippen molar-refractivity contribution in [1.82, 2.24) is 4.90 Å². The van der Waals surface area contributed by atoms with Crippen LogP contribution in [-0.2, 0) is 0 Å². The first-order valence-corrected chi connectivity index (χ1v) is 7.68. The molecule has 0 saturated heterocycles. The molecule has 0 aromatic heterocycles. The predicted molar refractivity (Wildman–Crippen MR) is 81.5 cm³/mol. The maximum Gasteiger partial charge on any atom is 0.261 e. The van der Waals surface area contributed by atoms with Crippen LogP contribution in [0.1, 0.15) is 53.3 Å². The molecule has 114 valence electrons. The predicted octanol–water partition coefficient (Wildman–Crippen LogP) is 2.91. The normalized spacial score (nSPS) is 18.2. The number of fused-ring (bicyclic) bond motifs is 1. The number of carbonyl (C=O) groups excluding carboxylic acids is 2. The molecule has 1 aromatic carbocycles. The molecule has 2 aliphatic heterocycles. The van der Waals surface area contributed by atoms with E-state index < -0.39 is 0 Å². The third-order valence-corrected chi connectivity index (χ3v) is 4.38. The van der Waals surface area contributed by atoms with Gasteiger partial charge in [-0.2, -0.15) is 0 Å². The van der Waals surface area contributed by atoms with Crippen molar-refractivity contribution < 1.29 is 14.3 Å². The SMILES string of the molecule is CC1=C(CCCN2C(=O)c3ccccc3C2=O)[N+](=O)CCC1. The average molecular weight is 299 g/mol. The molecule has 0 atom stereocenters. The quantitative estimate of drug-likeness (QED) is 0.634. The molecule has 2 aliphatic rings. The van der Waals surface area contributed by atoms with Crippen molar-refractivity contribution >= 4 is 11.8 Å². The van der Waals surface area contributed by atoms with Gasteiger partial charge in [0, 0.05) is 29.1 Å². The van der Waals surface area contributed by atoms with Crippen molar-refractivity contribution in [2.45, 2.75) is 32.6 Å². The molecule has 0 unspecified atom stereocenters. The summed E-state index contributed by atoms with van der Waals surface area (Å²) < 4.78 is 1.06. The molecule has 0 fully saturated rings. The fourth-order valence-electron chi connectivity index (χ4n) is 3.16. The Hall–Kier alpha value is -2.30. The van der Waals surface area contributed by atoms with Gasteiger partial charge in [-0.1, -0.05) is 12.1 Å². The first-order chi connectivity index (χ1) is 10.6. The number of allylic oxidation sites excluding steroid dienone is 2. The lowest BCUT2D eigenvalue weighted by molar-refractivity contribution is -0.507. The maximum atomic E-state index is 12.2. The second-order valence-corrected chi connectivity index (χ2v) is 5.84. The van der Waals surface area contributed by atoms with Crippen molar-refractivity contribution in [3.05, 3.63) is 51.6 Å². The van der Waals surface area contributed by atoms with Crippen LogP contribution in [0.3, 0.4) is 0 Å². The topological polar surface area (TPSA) is 57.5 Å². The second kappa shape index (κ2) is 5.83. The van der Waals surface area contributed by atoms with Crippen molar-refractivity contribution in [2.24, 2.45) is 0 Å². The standard InChI is InChI=1S/C17H19N2O3/c1-12-6-4-11-19(22)15(12)9-5-10-18-16(20)13-7-2-3-8-14(13)17(18)21/h2-3,7-8H,4-6,9-11H2,1H3/q+1. The van der Waals surface area contributed by atoms with E-state index >= 15 is 0 Å². The van der Waals surface area contributed by atoms with Crippen molar-refractivity contribution in [3.63, 3.8) is 0 Å². The van der Waals surface area contributed by atoms with E-state index in [1.165, 1.54) is 4.90 Å². The Kier molecular flexibility index (Phi) is 3.88. The minimum Gasteiger partial charge on any atom is -0.274 e. The third kappa shape index (κ3) is 2.47. The number of hydrogen-bond donors (Lipinski definition) is 0. The van der Waals surface area contributed by atoms with Gasteiger partial charge in [0.05, 0.1) is 11.1 Å². The van der Waals surface area contributed by atoms with E-state index in [2.05, 4.69) is 0 Å². The molecule has 5 heteroatoms. The molecular formula is C17H19N2O3+. The summed E-state index contributed by atoms with van der Waals surface area (Å²) in [5, 5.41) is 0. The lowest BCUT2D eigenvalue weighted by atomic mass is 10.0. The van der Waals surface area contributed by atoms with Crippen LogP contribution in [0.15, 0.2) is 35.5 Å². The summed E-state index contributed by atoms with van der Waals surface area (Å²) in [7, 11) is 0. The molecular weight excluding hydrogens is 280 g/mol. The number of nitrogens with zero attached hydrogens (tertiary/aromatic N) is 2. The van der Waals surface area contributed by atoms with Crippen LogP contribution in [0, 0.1) is 4.91 Å². The van der Waals surface area contributed by atoms with E-state index in [9.17, 15) is 14.5 Å². The van der Waals surface area contributed by atoms with Gasteiger partial charge in [-0.3, -0.25) is 14.5 Å². The molecule has 2 amide bonds. The summed E-state index contributed by atoms with van der Waals surface area (Å²) in [6.07, 6.45) is 3.10. The average Bonchev–Trinajstić information content (AvgIpc) is 2.75.